The minimum atomic E-state index is 0.889. The Bertz CT molecular complexity index is 141. The van der Waals surface area contributed by atoms with Crippen molar-refractivity contribution in [1.82, 2.24) is 4.90 Å². The number of hydrogen-bond acceptors (Lipinski definition) is 1. The Morgan fingerprint density at radius 2 is 1.50 bits per heavy atom. The average molecular weight is 197 g/mol. The van der Waals surface area contributed by atoms with Crippen molar-refractivity contribution in [3.05, 3.63) is 0 Å². The van der Waals surface area contributed by atoms with Crippen molar-refractivity contribution in [3.63, 3.8) is 0 Å². The van der Waals surface area contributed by atoms with Gasteiger partial charge < -0.3 is 4.90 Å². The van der Waals surface area contributed by atoms with Crippen LogP contribution in [0, 0.1) is 11.8 Å². The van der Waals surface area contributed by atoms with Crippen LogP contribution < -0.4 is 0 Å². The summed E-state index contributed by atoms with van der Waals surface area (Å²) in [6, 6.07) is 0.889. The summed E-state index contributed by atoms with van der Waals surface area (Å²) < 4.78 is 0. The van der Waals surface area contributed by atoms with Crippen molar-refractivity contribution >= 4 is 0 Å². The fourth-order valence-corrected chi connectivity index (χ4v) is 2.87. The molecule has 1 heteroatoms. The summed E-state index contributed by atoms with van der Waals surface area (Å²) in [5.41, 5.74) is 0. The predicted molar refractivity (Wildman–Crippen MR) is 63.5 cm³/mol. The standard InChI is InChI=1S/C13H27N/c1-5-14(6-2)13-9-7-12(8-10-13)11(3)4/h11-13H,5-10H2,1-4H3. The summed E-state index contributed by atoms with van der Waals surface area (Å²) in [4.78, 5) is 2.64. The molecule has 0 aromatic rings. The third-order valence-electron chi connectivity index (χ3n) is 4.01. The van der Waals surface area contributed by atoms with Gasteiger partial charge in [0.1, 0.15) is 0 Å². The van der Waals surface area contributed by atoms with Gasteiger partial charge in [-0.2, -0.15) is 0 Å². The molecule has 0 saturated heterocycles. The highest BCUT2D eigenvalue weighted by atomic mass is 15.1. The van der Waals surface area contributed by atoms with Crippen molar-refractivity contribution in [1.29, 1.82) is 0 Å². The third-order valence-corrected chi connectivity index (χ3v) is 4.01. The lowest BCUT2D eigenvalue weighted by Crippen LogP contribution is -2.38. The van der Waals surface area contributed by atoms with Crippen molar-refractivity contribution < 1.29 is 0 Å². The average Bonchev–Trinajstić information content (AvgIpc) is 2.20. The molecule has 1 rings (SSSR count). The van der Waals surface area contributed by atoms with E-state index in [4.69, 9.17) is 0 Å². The summed E-state index contributed by atoms with van der Waals surface area (Å²) in [6.07, 6.45) is 5.78. The number of nitrogens with zero attached hydrogens (tertiary/aromatic N) is 1. The molecule has 1 nitrogen and oxygen atoms in total. The summed E-state index contributed by atoms with van der Waals surface area (Å²) in [6.45, 7) is 11.8. The zero-order valence-corrected chi connectivity index (χ0v) is 10.4. The second-order valence-corrected chi connectivity index (χ2v) is 5.03. The lowest BCUT2D eigenvalue weighted by atomic mass is 9.79. The normalized spacial score (nSPS) is 28.7. The Balaban J connectivity index is 2.34. The Labute approximate surface area is 89.9 Å². The quantitative estimate of drug-likeness (QED) is 0.666. The van der Waals surface area contributed by atoms with Gasteiger partial charge in [0.15, 0.2) is 0 Å². The van der Waals surface area contributed by atoms with Crippen LogP contribution in [0.3, 0.4) is 0 Å². The molecule has 1 aliphatic rings. The van der Waals surface area contributed by atoms with Gasteiger partial charge in [0.25, 0.3) is 0 Å². The first-order valence-electron chi connectivity index (χ1n) is 6.43. The molecule has 0 atom stereocenters. The molecule has 1 aliphatic carbocycles. The number of rotatable bonds is 4. The maximum atomic E-state index is 2.64. The van der Waals surface area contributed by atoms with Crippen LogP contribution in [-0.2, 0) is 0 Å². The van der Waals surface area contributed by atoms with Crippen LogP contribution in [-0.4, -0.2) is 24.0 Å². The molecule has 0 aromatic carbocycles. The smallest absolute Gasteiger partial charge is 0.00952 e. The van der Waals surface area contributed by atoms with E-state index >= 15 is 0 Å². The first-order valence-corrected chi connectivity index (χ1v) is 6.43. The molecule has 0 aromatic heterocycles. The fraction of sp³-hybridized carbons (Fsp3) is 1.00. The molecule has 0 spiro atoms. The van der Waals surface area contributed by atoms with Crippen LogP contribution in [0.2, 0.25) is 0 Å². The van der Waals surface area contributed by atoms with Crippen LogP contribution in [0.25, 0.3) is 0 Å². The third kappa shape index (κ3) is 2.98. The first kappa shape index (κ1) is 12.0. The molecule has 0 unspecified atom stereocenters. The summed E-state index contributed by atoms with van der Waals surface area (Å²) >= 11 is 0. The summed E-state index contributed by atoms with van der Waals surface area (Å²) in [7, 11) is 0. The summed E-state index contributed by atoms with van der Waals surface area (Å²) in [5, 5.41) is 0. The monoisotopic (exact) mass is 197 g/mol. The lowest BCUT2D eigenvalue weighted by molar-refractivity contribution is 0.133. The van der Waals surface area contributed by atoms with Crippen molar-refractivity contribution in [2.45, 2.75) is 59.4 Å². The Kier molecular flexibility index (Phi) is 4.94. The molecule has 1 fully saturated rings. The van der Waals surface area contributed by atoms with Gasteiger partial charge in [-0.15, -0.1) is 0 Å². The first-order chi connectivity index (χ1) is 6.69. The van der Waals surface area contributed by atoms with Gasteiger partial charge in [0, 0.05) is 6.04 Å². The van der Waals surface area contributed by atoms with Crippen molar-refractivity contribution in [2.24, 2.45) is 11.8 Å². The Morgan fingerprint density at radius 3 is 1.86 bits per heavy atom. The second kappa shape index (κ2) is 5.75. The molecule has 0 aliphatic heterocycles. The highest BCUT2D eigenvalue weighted by molar-refractivity contribution is 4.79. The zero-order valence-electron chi connectivity index (χ0n) is 10.4. The van der Waals surface area contributed by atoms with Crippen molar-refractivity contribution in [3.8, 4) is 0 Å². The van der Waals surface area contributed by atoms with E-state index in [0.29, 0.717) is 0 Å². The van der Waals surface area contributed by atoms with Crippen LogP contribution in [0.1, 0.15) is 53.4 Å². The maximum absolute atomic E-state index is 2.64. The van der Waals surface area contributed by atoms with Crippen molar-refractivity contribution in [2.75, 3.05) is 13.1 Å². The van der Waals surface area contributed by atoms with E-state index in [9.17, 15) is 0 Å². The van der Waals surface area contributed by atoms with E-state index in [1.54, 1.807) is 0 Å². The van der Waals surface area contributed by atoms with Crippen LogP contribution in [0.5, 0.6) is 0 Å². The van der Waals surface area contributed by atoms with Crippen LogP contribution >= 0.6 is 0 Å². The van der Waals surface area contributed by atoms with Gasteiger partial charge in [0.2, 0.25) is 0 Å². The van der Waals surface area contributed by atoms with Gasteiger partial charge in [-0.3, -0.25) is 0 Å². The molecular formula is C13H27N. The fourth-order valence-electron chi connectivity index (χ4n) is 2.87. The summed E-state index contributed by atoms with van der Waals surface area (Å²) in [5.74, 6) is 1.90. The van der Waals surface area contributed by atoms with E-state index in [2.05, 4.69) is 32.6 Å². The molecule has 0 N–H and O–H groups in total. The van der Waals surface area contributed by atoms with Gasteiger partial charge in [-0.1, -0.05) is 27.7 Å². The van der Waals surface area contributed by atoms with E-state index in [0.717, 1.165) is 17.9 Å². The minimum absolute atomic E-state index is 0.889. The second-order valence-electron chi connectivity index (χ2n) is 5.03. The Hall–Kier alpha value is -0.0400. The highest BCUT2D eigenvalue weighted by Crippen LogP contribution is 2.31. The minimum Gasteiger partial charge on any atom is -0.301 e. The predicted octanol–water partition coefficient (Wildman–Crippen LogP) is 3.54. The Morgan fingerprint density at radius 1 is 1.00 bits per heavy atom. The topological polar surface area (TPSA) is 3.24 Å². The lowest BCUT2D eigenvalue weighted by Gasteiger charge is -2.37. The molecule has 0 heterocycles. The molecule has 14 heavy (non-hydrogen) atoms. The van der Waals surface area contributed by atoms with Crippen LogP contribution in [0.4, 0.5) is 0 Å². The van der Waals surface area contributed by atoms with E-state index < -0.39 is 0 Å². The molecule has 0 amide bonds. The zero-order chi connectivity index (χ0) is 10.6. The highest BCUT2D eigenvalue weighted by Gasteiger charge is 2.25. The van der Waals surface area contributed by atoms with Gasteiger partial charge in [-0.25, -0.2) is 0 Å². The van der Waals surface area contributed by atoms with Gasteiger partial charge in [0.05, 0.1) is 0 Å². The SMILES string of the molecule is CCN(CC)C1CCC(C(C)C)CC1. The molecule has 84 valence electrons. The van der Waals surface area contributed by atoms with Crippen LogP contribution in [0.15, 0.2) is 0 Å². The molecule has 1 saturated carbocycles. The molecular weight excluding hydrogens is 170 g/mol. The van der Waals surface area contributed by atoms with E-state index in [-0.39, 0.29) is 0 Å². The molecule has 0 radical (unpaired) electrons. The van der Waals surface area contributed by atoms with Gasteiger partial charge in [-0.05, 0) is 50.6 Å². The van der Waals surface area contributed by atoms with E-state index in [1.165, 1.54) is 38.8 Å². The number of hydrogen-bond donors (Lipinski definition) is 0. The molecule has 0 bridgehead atoms. The van der Waals surface area contributed by atoms with Gasteiger partial charge >= 0.3 is 0 Å². The largest absolute Gasteiger partial charge is 0.301 e. The maximum Gasteiger partial charge on any atom is 0.00952 e. The van der Waals surface area contributed by atoms with E-state index in [1.807, 2.05) is 0 Å².